The van der Waals surface area contributed by atoms with Crippen molar-refractivity contribution >= 4 is 46.2 Å². The summed E-state index contributed by atoms with van der Waals surface area (Å²) in [4.78, 5) is 0. The SMILES string of the molecule is CC(NC(=S)Nc1ccc(Cl)cc1Cl)C12CC3CC(CC(C3)C1)C2. The molecule has 2 N–H and O–H groups in total. The van der Waals surface area contributed by atoms with E-state index in [4.69, 9.17) is 35.4 Å². The summed E-state index contributed by atoms with van der Waals surface area (Å²) in [5.74, 6) is 2.85. The van der Waals surface area contributed by atoms with Gasteiger partial charge in [-0.25, -0.2) is 0 Å². The van der Waals surface area contributed by atoms with Gasteiger partial charge in [-0.15, -0.1) is 0 Å². The average molecular weight is 383 g/mol. The van der Waals surface area contributed by atoms with Gasteiger partial charge in [0.25, 0.3) is 0 Å². The average Bonchev–Trinajstić information content (AvgIpc) is 2.48. The predicted octanol–water partition coefficient (Wildman–Crippen LogP) is 5.88. The Kier molecular flexibility index (Phi) is 4.47. The predicted molar refractivity (Wildman–Crippen MR) is 106 cm³/mol. The Morgan fingerprint density at radius 2 is 1.71 bits per heavy atom. The normalized spacial score (nSPS) is 34.9. The molecule has 0 spiro atoms. The van der Waals surface area contributed by atoms with Crippen LogP contribution in [0.3, 0.4) is 0 Å². The van der Waals surface area contributed by atoms with Crippen LogP contribution in [0.1, 0.15) is 45.4 Å². The summed E-state index contributed by atoms with van der Waals surface area (Å²) < 4.78 is 0. The Hall–Kier alpha value is -0.510. The molecule has 4 aliphatic rings. The number of halogens is 2. The van der Waals surface area contributed by atoms with E-state index in [1.807, 2.05) is 12.1 Å². The van der Waals surface area contributed by atoms with Crippen LogP contribution in [0.5, 0.6) is 0 Å². The Morgan fingerprint density at radius 1 is 1.12 bits per heavy atom. The van der Waals surface area contributed by atoms with Crippen molar-refractivity contribution in [3.8, 4) is 0 Å². The second kappa shape index (κ2) is 6.34. The monoisotopic (exact) mass is 382 g/mol. The molecule has 1 unspecified atom stereocenters. The van der Waals surface area contributed by atoms with Crippen molar-refractivity contribution in [3.05, 3.63) is 28.2 Å². The topological polar surface area (TPSA) is 24.1 Å². The number of nitrogens with one attached hydrogen (secondary N) is 2. The summed E-state index contributed by atoms with van der Waals surface area (Å²) >= 11 is 17.7. The maximum absolute atomic E-state index is 6.23. The van der Waals surface area contributed by atoms with Crippen LogP contribution >= 0.6 is 35.4 Å². The van der Waals surface area contributed by atoms with Crippen LogP contribution in [0, 0.1) is 23.2 Å². The molecule has 1 aromatic rings. The first-order valence-corrected chi connectivity index (χ1v) is 10.1. The molecule has 0 aliphatic heterocycles. The summed E-state index contributed by atoms with van der Waals surface area (Å²) in [6.45, 7) is 2.31. The Balaban J connectivity index is 1.42. The Labute approximate surface area is 159 Å². The van der Waals surface area contributed by atoms with Crippen LogP contribution in [-0.4, -0.2) is 11.2 Å². The van der Waals surface area contributed by atoms with E-state index < -0.39 is 0 Å². The summed E-state index contributed by atoms with van der Waals surface area (Å²) in [5.41, 5.74) is 1.24. The van der Waals surface area contributed by atoms with Crippen LogP contribution in [0.15, 0.2) is 18.2 Å². The summed E-state index contributed by atoms with van der Waals surface area (Å²) in [6.07, 6.45) is 8.52. The molecule has 5 heteroatoms. The molecule has 0 heterocycles. The number of hydrogen-bond donors (Lipinski definition) is 2. The number of rotatable bonds is 3. The molecule has 130 valence electrons. The van der Waals surface area contributed by atoms with Gasteiger partial charge in [-0.2, -0.15) is 0 Å². The fourth-order valence-corrected chi connectivity index (χ4v) is 6.55. The van der Waals surface area contributed by atoms with E-state index in [9.17, 15) is 0 Å². The zero-order valence-electron chi connectivity index (χ0n) is 13.9. The van der Waals surface area contributed by atoms with Crippen LogP contribution < -0.4 is 10.6 Å². The van der Waals surface area contributed by atoms with Gasteiger partial charge < -0.3 is 10.6 Å². The minimum atomic E-state index is 0.400. The molecule has 24 heavy (non-hydrogen) atoms. The molecule has 4 fully saturated rings. The van der Waals surface area contributed by atoms with E-state index in [0.717, 1.165) is 23.4 Å². The van der Waals surface area contributed by atoms with Gasteiger partial charge in [-0.1, -0.05) is 23.2 Å². The number of thiocarbonyl (C=S) groups is 1. The van der Waals surface area contributed by atoms with Gasteiger partial charge in [-0.3, -0.25) is 0 Å². The minimum Gasteiger partial charge on any atom is -0.359 e. The van der Waals surface area contributed by atoms with Crippen molar-refractivity contribution in [1.29, 1.82) is 0 Å². The van der Waals surface area contributed by atoms with Crippen LogP contribution in [0.4, 0.5) is 5.69 Å². The smallest absolute Gasteiger partial charge is 0.171 e. The van der Waals surface area contributed by atoms with Gasteiger partial charge >= 0.3 is 0 Å². The van der Waals surface area contributed by atoms with E-state index in [1.165, 1.54) is 38.5 Å². The third-order valence-corrected chi connectivity index (χ3v) is 7.30. The molecule has 1 aromatic carbocycles. The lowest BCUT2D eigenvalue weighted by atomic mass is 9.48. The van der Waals surface area contributed by atoms with Crippen LogP contribution in [-0.2, 0) is 0 Å². The Bertz CT molecular complexity index is 625. The van der Waals surface area contributed by atoms with Crippen molar-refractivity contribution in [3.63, 3.8) is 0 Å². The molecule has 0 saturated heterocycles. The first-order valence-electron chi connectivity index (χ1n) is 8.96. The van der Waals surface area contributed by atoms with E-state index in [0.29, 0.717) is 26.6 Å². The third-order valence-electron chi connectivity index (χ3n) is 6.53. The largest absolute Gasteiger partial charge is 0.359 e. The molecule has 4 saturated carbocycles. The van der Waals surface area contributed by atoms with E-state index >= 15 is 0 Å². The van der Waals surface area contributed by atoms with Crippen molar-refractivity contribution in [2.45, 2.75) is 51.5 Å². The highest BCUT2D eigenvalue weighted by Gasteiger charge is 2.53. The van der Waals surface area contributed by atoms with Crippen LogP contribution in [0.2, 0.25) is 10.0 Å². The number of benzene rings is 1. The first kappa shape index (κ1) is 16.9. The standard InChI is InChI=1S/C19H24Cl2N2S/c1-11(19-8-12-4-13(9-19)6-14(5-12)10-19)22-18(24)23-17-3-2-15(20)7-16(17)21/h2-3,7,11-14H,4-6,8-10H2,1H3,(H2,22,23,24). The lowest BCUT2D eigenvalue weighted by Gasteiger charge is -2.59. The van der Waals surface area contributed by atoms with Crippen molar-refractivity contribution in [2.75, 3.05) is 5.32 Å². The van der Waals surface area contributed by atoms with Crippen molar-refractivity contribution < 1.29 is 0 Å². The van der Waals surface area contributed by atoms with Gasteiger partial charge in [0.15, 0.2) is 5.11 Å². The molecular formula is C19H24Cl2N2S. The van der Waals surface area contributed by atoms with Crippen molar-refractivity contribution in [2.24, 2.45) is 23.2 Å². The number of hydrogen-bond acceptors (Lipinski definition) is 1. The zero-order chi connectivity index (χ0) is 16.9. The Morgan fingerprint density at radius 3 is 2.25 bits per heavy atom. The molecule has 4 aliphatic carbocycles. The summed E-state index contributed by atoms with van der Waals surface area (Å²) in [6, 6.07) is 5.82. The highest BCUT2D eigenvalue weighted by Crippen LogP contribution is 2.61. The lowest BCUT2D eigenvalue weighted by Crippen LogP contribution is -2.56. The first-order chi connectivity index (χ1) is 11.4. The fourth-order valence-electron chi connectivity index (χ4n) is 5.81. The third kappa shape index (κ3) is 3.15. The summed E-state index contributed by atoms with van der Waals surface area (Å²) in [7, 11) is 0. The van der Waals surface area contributed by atoms with Gasteiger partial charge in [0.2, 0.25) is 0 Å². The molecule has 0 aromatic heterocycles. The van der Waals surface area contributed by atoms with E-state index in [-0.39, 0.29) is 0 Å². The molecular weight excluding hydrogens is 359 g/mol. The molecule has 4 bridgehead atoms. The molecule has 0 amide bonds. The fraction of sp³-hybridized carbons (Fsp3) is 0.632. The summed E-state index contributed by atoms with van der Waals surface area (Å²) in [5, 5.41) is 8.66. The molecule has 0 radical (unpaired) electrons. The highest BCUT2D eigenvalue weighted by molar-refractivity contribution is 7.80. The maximum atomic E-state index is 6.23. The molecule has 2 nitrogen and oxygen atoms in total. The molecule has 1 atom stereocenters. The second-order valence-electron chi connectivity index (χ2n) is 8.22. The van der Waals surface area contributed by atoms with Gasteiger partial charge in [0.1, 0.15) is 0 Å². The maximum Gasteiger partial charge on any atom is 0.171 e. The van der Waals surface area contributed by atoms with Gasteiger partial charge in [0, 0.05) is 11.1 Å². The molecule has 5 rings (SSSR count). The minimum absolute atomic E-state index is 0.400. The van der Waals surface area contributed by atoms with E-state index in [2.05, 4.69) is 17.6 Å². The number of anilines is 1. The van der Waals surface area contributed by atoms with Gasteiger partial charge in [0.05, 0.1) is 10.7 Å². The van der Waals surface area contributed by atoms with Crippen LogP contribution in [0.25, 0.3) is 0 Å². The van der Waals surface area contributed by atoms with Crippen molar-refractivity contribution in [1.82, 2.24) is 5.32 Å². The lowest BCUT2D eigenvalue weighted by molar-refractivity contribution is -0.0671. The zero-order valence-corrected chi connectivity index (χ0v) is 16.3. The van der Waals surface area contributed by atoms with E-state index in [1.54, 1.807) is 6.07 Å². The quantitative estimate of drug-likeness (QED) is 0.637. The van der Waals surface area contributed by atoms with Gasteiger partial charge in [-0.05, 0) is 99.0 Å². The second-order valence-corrected chi connectivity index (χ2v) is 9.48. The highest BCUT2D eigenvalue weighted by atomic mass is 35.5.